The van der Waals surface area contributed by atoms with Crippen LogP contribution in [0.25, 0.3) is 0 Å². The van der Waals surface area contributed by atoms with Gasteiger partial charge in [-0.05, 0) is 57.7 Å². The van der Waals surface area contributed by atoms with Gasteiger partial charge >= 0.3 is 0 Å². The van der Waals surface area contributed by atoms with Crippen molar-refractivity contribution >= 4 is 5.91 Å². The molecular formula is C19H29N3O. The van der Waals surface area contributed by atoms with E-state index in [-0.39, 0.29) is 23.9 Å². The first-order valence-electron chi connectivity index (χ1n) is 8.97. The zero-order chi connectivity index (χ0) is 16.2. The number of nitrogens with zero attached hydrogens (tertiary/aromatic N) is 1. The van der Waals surface area contributed by atoms with E-state index in [4.69, 9.17) is 5.73 Å². The van der Waals surface area contributed by atoms with Crippen LogP contribution in [0.15, 0.2) is 24.3 Å². The zero-order valence-corrected chi connectivity index (χ0v) is 14.1. The van der Waals surface area contributed by atoms with E-state index in [1.165, 1.54) is 24.0 Å². The van der Waals surface area contributed by atoms with Crippen molar-refractivity contribution in [3.63, 3.8) is 0 Å². The van der Waals surface area contributed by atoms with E-state index in [9.17, 15) is 4.79 Å². The lowest BCUT2D eigenvalue weighted by molar-refractivity contribution is -0.125. The molecule has 3 rings (SSSR count). The van der Waals surface area contributed by atoms with Crippen molar-refractivity contribution in [3.8, 4) is 0 Å². The molecule has 126 valence electrons. The first-order valence-corrected chi connectivity index (χ1v) is 8.97. The van der Waals surface area contributed by atoms with Gasteiger partial charge in [0.1, 0.15) is 0 Å². The summed E-state index contributed by atoms with van der Waals surface area (Å²) in [5.41, 5.74) is 8.52. The molecule has 3 N–H and O–H groups in total. The van der Waals surface area contributed by atoms with Crippen LogP contribution in [0, 0.1) is 12.8 Å². The van der Waals surface area contributed by atoms with E-state index in [0.29, 0.717) is 6.54 Å². The van der Waals surface area contributed by atoms with Crippen LogP contribution >= 0.6 is 0 Å². The molecule has 0 bridgehead atoms. The fourth-order valence-electron chi connectivity index (χ4n) is 3.90. The van der Waals surface area contributed by atoms with E-state index < -0.39 is 0 Å². The number of likely N-dealkylation sites (tertiary alicyclic amines) is 1. The lowest BCUT2D eigenvalue weighted by atomic mass is 10.0. The number of hydrogen-bond acceptors (Lipinski definition) is 3. The molecule has 0 radical (unpaired) electrons. The van der Waals surface area contributed by atoms with E-state index in [1.54, 1.807) is 0 Å². The maximum Gasteiger partial charge on any atom is 0.223 e. The van der Waals surface area contributed by atoms with Crippen LogP contribution in [0.3, 0.4) is 0 Å². The number of amides is 1. The molecule has 3 unspecified atom stereocenters. The van der Waals surface area contributed by atoms with Gasteiger partial charge in [-0.2, -0.15) is 0 Å². The third kappa shape index (κ3) is 4.12. The number of nitrogens with one attached hydrogen (secondary N) is 1. The zero-order valence-electron chi connectivity index (χ0n) is 14.1. The number of hydrogen-bond donors (Lipinski definition) is 2. The molecule has 2 aliphatic rings. The van der Waals surface area contributed by atoms with E-state index >= 15 is 0 Å². The number of carbonyl (C=O) groups excluding carboxylic acids is 1. The molecule has 1 aromatic rings. The fraction of sp³-hybridized carbons (Fsp3) is 0.632. The van der Waals surface area contributed by atoms with Gasteiger partial charge in [0.05, 0.1) is 6.04 Å². The monoisotopic (exact) mass is 315 g/mol. The summed E-state index contributed by atoms with van der Waals surface area (Å²) in [6, 6.07) is 9.23. The number of rotatable bonds is 5. The van der Waals surface area contributed by atoms with Crippen LogP contribution in [0.4, 0.5) is 0 Å². The highest BCUT2D eigenvalue weighted by atomic mass is 16.1. The Balaban J connectivity index is 1.64. The van der Waals surface area contributed by atoms with Gasteiger partial charge < -0.3 is 11.1 Å². The van der Waals surface area contributed by atoms with Gasteiger partial charge in [0.2, 0.25) is 5.91 Å². The van der Waals surface area contributed by atoms with Crippen LogP contribution < -0.4 is 11.1 Å². The number of benzene rings is 1. The molecule has 1 aromatic carbocycles. The smallest absolute Gasteiger partial charge is 0.223 e. The third-order valence-electron chi connectivity index (χ3n) is 5.36. The van der Waals surface area contributed by atoms with Gasteiger partial charge in [-0.15, -0.1) is 0 Å². The fourth-order valence-corrected chi connectivity index (χ4v) is 3.90. The second kappa shape index (κ2) is 7.45. The minimum Gasteiger partial charge on any atom is -0.354 e. The Morgan fingerprint density at radius 2 is 1.96 bits per heavy atom. The molecule has 0 spiro atoms. The average molecular weight is 315 g/mol. The number of carbonyl (C=O) groups is 1. The molecule has 1 heterocycles. The predicted molar refractivity (Wildman–Crippen MR) is 93.1 cm³/mol. The maximum atomic E-state index is 12.4. The molecule has 2 fully saturated rings. The van der Waals surface area contributed by atoms with E-state index in [1.807, 2.05) is 0 Å². The van der Waals surface area contributed by atoms with Crippen LogP contribution in [0.5, 0.6) is 0 Å². The predicted octanol–water partition coefficient (Wildman–Crippen LogP) is 2.38. The quantitative estimate of drug-likeness (QED) is 0.877. The molecular weight excluding hydrogens is 286 g/mol. The van der Waals surface area contributed by atoms with Crippen molar-refractivity contribution < 1.29 is 4.79 Å². The second-order valence-corrected chi connectivity index (χ2v) is 7.18. The summed E-state index contributed by atoms with van der Waals surface area (Å²) in [4.78, 5) is 14.9. The topological polar surface area (TPSA) is 58.4 Å². The second-order valence-electron chi connectivity index (χ2n) is 7.18. The summed E-state index contributed by atoms with van der Waals surface area (Å²) >= 11 is 0. The molecule has 1 aliphatic heterocycles. The Hall–Kier alpha value is -1.39. The molecule has 3 atom stereocenters. The minimum atomic E-state index is 0.113. The number of aryl methyl sites for hydroxylation is 1. The van der Waals surface area contributed by atoms with Gasteiger partial charge in [0.25, 0.3) is 0 Å². The summed E-state index contributed by atoms with van der Waals surface area (Å²) in [6.07, 6.45) is 5.27. The first kappa shape index (κ1) is 16.5. The van der Waals surface area contributed by atoms with Crippen molar-refractivity contribution in [3.05, 3.63) is 35.4 Å². The highest BCUT2D eigenvalue weighted by Gasteiger charge is 2.29. The summed E-state index contributed by atoms with van der Waals surface area (Å²) in [5.74, 6) is 0.302. The summed E-state index contributed by atoms with van der Waals surface area (Å²) < 4.78 is 0. The van der Waals surface area contributed by atoms with Crippen LogP contribution in [-0.4, -0.2) is 36.5 Å². The Kier molecular flexibility index (Phi) is 5.34. The summed E-state index contributed by atoms with van der Waals surface area (Å²) in [6.45, 7) is 5.07. The minimum absolute atomic E-state index is 0.113. The van der Waals surface area contributed by atoms with Gasteiger partial charge in [0, 0.05) is 18.5 Å². The van der Waals surface area contributed by atoms with Crippen LogP contribution in [-0.2, 0) is 4.79 Å². The Morgan fingerprint density at radius 1 is 1.26 bits per heavy atom. The molecule has 1 amide bonds. The Labute approximate surface area is 139 Å². The summed E-state index contributed by atoms with van der Waals surface area (Å²) in [5, 5.41) is 3.20. The Morgan fingerprint density at radius 3 is 2.57 bits per heavy atom. The van der Waals surface area contributed by atoms with E-state index in [0.717, 1.165) is 32.4 Å². The number of nitrogens with two attached hydrogens (primary N) is 1. The van der Waals surface area contributed by atoms with Crippen molar-refractivity contribution in [1.29, 1.82) is 0 Å². The average Bonchev–Trinajstić information content (AvgIpc) is 3.21. The SMILES string of the molecule is Cc1ccc(C(CNC(=O)C2CCC(N)C2)N2CCCC2)cc1. The van der Waals surface area contributed by atoms with Crippen LogP contribution in [0.2, 0.25) is 0 Å². The largest absolute Gasteiger partial charge is 0.354 e. The molecule has 4 heteroatoms. The van der Waals surface area contributed by atoms with Gasteiger partial charge in [-0.25, -0.2) is 0 Å². The third-order valence-corrected chi connectivity index (χ3v) is 5.36. The summed E-state index contributed by atoms with van der Waals surface area (Å²) in [7, 11) is 0. The first-order chi connectivity index (χ1) is 11.1. The van der Waals surface area contributed by atoms with Gasteiger partial charge in [-0.3, -0.25) is 9.69 Å². The van der Waals surface area contributed by atoms with E-state index in [2.05, 4.69) is 41.4 Å². The maximum absolute atomic E-state index is 12.4. The highest BCUT2D eigenvalue weighted by molar-refractivity contribution is 5.79. The lowest BCUT2D eigenvalue weighted by Crippen LogP contribution is -2.39. The van der Waals surface area contributed by atoms with Crippen molar-refractivity contribution in [2.45, 2.75) is 51.1 Å². The van der Waals surface area contributed by atoms with Gasteiger partial charge in [0.15, 0.2) is 0 Å². The molecule has 1 saturated heterocycles. The van der Waals surface area contributed by atoms with Gasteiger partial charge in [-0.1, -0.05) is 29.8 Å². The lowest BCUT2D eigenvalue weighted by Gasteiger charge is -2.28. The molecule has 23 heavy (non-hydrogen) atoms. The molecule has 0 aromatic heterocycles. The molecule has 1 saturated carbocycles. The molecule has 1 aliphatic carbocycles. The standard InChI is InChI=1S/C19H29N3O/c1-14-4-6-15(7-5-14)18(22-10-2-3-11-22)13-21-19(23)16-8-9-17(20)12-16/h4-7,16-18H,2-3,8-13,20H2,1H3,(H,21,23). The normalized spacial score (nSPS) is 26.3. The van der Waals surface area contributed by atoms with Crippen molar-refractivity contribution in [1.82, 2.24) is 10.2 Å². The van der Waals surface area contributed by atoms with Crippen LogP contribution in [0.1, 0.15) is 49.3 Å². The Bertz CT molecular complexity index is 522. The molecule has 4 nitrogen and oxygen atoms in total. The van der Waals surface area contributed by atoms with Crippen molar-refractivity contribution in [2.75, 3.05) is 19.6 Å². The van der Waals surface area contributed by atoms with Crippen molar-refractivity contribution in [2.24, 2.45) is 11.7 Å². The highest BCUT2D eigenvalue weighted by Crippen LogP contribution is 2.27.